The lowest BCUT2D eigenvalue weighted by atomic mass is 9.95. The molecule has 2 aromatic carbocycles. The maximum atomic E-state index is 12.1. The van der Waals surface area contributed by atoms with Crippen LogP contribution in [0.1, 0.15) is 45.7 Å². The van der Waals surface area contributed by atoms with Crippen LogP contribution in [-0.2, 0) is 4.79 Å². The van der Waals surface area contributed by atoms with Crippen LogP contribution < -0.4 is 0 Å². The minimum atomic E-state index is 0.151. The first-order chi connectivity index (χ1) is 11.8. The van der Waals surface area contributed by atoms with Gasteiger partial charge in [0, 0.05) is 17.7 Å². The van der Waals surface area contributed by atoms with Gasteiger partial charge in [0.2, 0.25) is 0 Å². The van der Waals surface area contributed by atoms with Gasteiger partial charge < -0.3 is 0 Å². The molecule has 0 amide bonds. The second-order valence-electron chi connectivity index (χ2n) is 7.94. The van der Waals surface area contributed by atoms with Crippen molar-refractivity contribution in [3.8, 4) is 0 Å². The van der Waals surface area contributed by atoms with Gasteiger partial charge >= 0.3 is 0 Å². The Morgan fingerprint density at radius 1 is 0.800 bits per heavy atom. The van der Waals surface area contributed by atoms with Gasteiger partial charge in [0.1, 0.15) is 0 Å². The second-order valence-corrected chi connectivity index (χ2v) is 9.16. The van der Waals surface area contributed by atoms with E-state index in [9.17, 15) is 4.79 Å². The molecule has 1 fully saturated rings. The zero-order chi connectivity index (χ0) is 18.2. The van der Waals surface area contributed by atoms with Crippen molar-refractivity contribution in [1.82, 2.24) is 0 Å². The third-order valence-corrected chi connectivity index (χ3v) is 6.86. The Bertz CT molecular complexity index is 745. The summed E-state index contributed by atoms with van der Waals surface area (Å²) in [5.41, 5.74) is 3.91. The van der Waals surface area contributed by atoms with E-state index in [0.717, 1.165) is 0 Å². The molecule has 25 heavy (non-hydrogen) atoms. The highest BCUT2D eigenvalue weighted by atomic mass is 32.2. The number of rotatable bonds is 4. The number of allylic oxidation sites excluding steroid dienone is 1. The highest BCUT2D eigenvalue weighted by Crippen LogP contribution is 2.73. The van der Waals surface area contributed by atoms with E-state index in [4.69, 9.17) is 0 Å². The molecule has 1 aliphatic carbocycles. The van der Waals surface area contributed by atoms with Crippen molar-refractivity contribution in [3.05, 3.63) is 76.7 Å². The van der Waals surface area contributed by atoms with E-state index in [-0.39, 0.29) is 15.9 Å². The third kappa shape index (κ3) is 3.20. The molecule has 0 aliphatic heterocycles. The van der Waals surface area contributed by atoms with Crippen LogP contribution in [0.15, 0.2) is 65.6 Å². The van der Waals surface area contributed by atoms with Crippen LogP contribution in [-0.4, -0.2) is 5.12 Å². The predicted molar refractivity (Wildman–Crippen MR) is 108 cm³/mol. The van der Waals surface area contributed by atoms with E-state index >= 15 is 0 Å². The molecule has 1 nitrogen and oxygen atoms in total. The van der Waals surface area contributed by atoms with Crippen LogP contribution in [0.4, 0.5) is 0 Å². The van der Waals surface area contributed by atoms with Gasteiger partial charge in [-0.3, -0.25) is 4.79 Å². The molecule has 0 radical (unpaired) electrons. The fourth-order valence-electron chi connectivity index (χ4n) is 3.92. The van der Waals surface area contributed by atoms with Crippen molar-refractivity contribution in [3.63, 3.8) is 0 Å². The van der Waals surface area contributed by atoms with Crippen molar-refractivity contribution < 1.29 is 4.79 Å². The van der Waals surface area contributed by atoms with Crippen molar-refractivity contribution >= 4 is 22.5 Å². The molecule has 2 aromatic rings. The summed E-state index contributed by atoms with van der Waals surface area (Å²) in [5.74, 6) is 0.379. The molecule has 130 valence electrons. The number of carbonyl (C=O) groups excluding carboxylic acids is 1. The minimum absolute atomic E-state index is 0.151. The molecule has 0 N–H and O–H groups in total. The molecule has 1 aliphatic rings. The number of carbonyl (C=O) groups is 1. The molecule has 0 unspecified atom stereocenters. The van der Waals surface area contributed by atoms with E-state index in [1.54, 1.807) is 6.92 Å². The standard InChI is InChI=1S/C23H26OS/c1-16(24)25-20(21-22(2,3)23(21,4)5)19(17-12-8-6-9-13-17)18-14-10-7-11-15-18/h6-15,21H,1-5H3. The Balaban J connectivity index is 2.26. The fourth-order valence-corrected chi connectivity index (χ4v) is 5.28. The summed E-state index contributed by atoms with van der Waals surface area (Å²) in [6, 6.07) is 20.9. The third-order valence-electron chi connectivity index (χ3n) is 5.91. The lowest BCUT2D eigenvalue weighted by Gasteiger charge is -2.17. The number of hydrogen-bond acceptors (Lipinski definition) is 2. The lowest BCUT2D eigenvalue weighted by Crippen LogP contribution is -2.01. The molecule has 0 saturated heterocycles. The number of hydrogen-bond donors (Lipinski definition) is 0. The Labute approximate surface area is 155 Å². The summed E-state index contributed by atoms with van der Waals surface area (Å²) in [4.78, 5) is 13.3. The van der Waals surface area contributed by atoms with Gasteiger partial charge in [0.25, 0.3) is 0 Å². The van der Waals surface area contributed by atoms with Crippen molar-refractivity contribution in [1.29, 1.82) is 0 Å². The molecule has 3 rings (SSSR count). The molecular weight excluding hydrogens is 324 g/mol. The Kier molecular flexibility index (Phi) is 4.68. The van der Waals surface area contributed by atoms with Crippen LogP contribution in [0.25, 0.3) is 5.57 Å². The van der Waals surface area contributed by atoms with Crippen LogP contribution in [0.3, 0.4) is 0 Å². The van der Waals surface area contributed by atoms with E-state index in [1.807, 2.05) is 12.1 Å². The quantitative estimate of drug-likeness (QED) is 0.634. The normalized spacial score (nSPS) is 17.8. The van der Waals surface area contributed by atoms with E-state index in [0.29, 0.717) is 5.92 Å². The molecule has 0 atom stereocenters. The van der Waals surface area contributed by atoms with Crippen molar-refractivity contribution in [2.45, 2.75) is 34.6 Å². The van der Waals surface area contributed by atoms with E-state index < -0.39 is 0 Å². The van der Waals surface area contributed by atoms with Gasteiger partial charge in [0.05, 0.1) is 0 Å². The van der Waals surface area contributed by atoms with Gasteiger partial charge in [-0.05, 0) is 27.5 Å². The Morgan fingerprint density at radius 3 is 1.52 bits per heavy atom. The molecule has 2 heteroatoms. The molecular formula is C23H26OS. The van der Waals surface area contributed by atoms with Crippen LogP contribution >= 0.6 is 11.8 Å². The summed E-state index contributed by atoms with van der Waals surface area (Å²) in [7, 11) is 0. The fraction of sp³-hybridized carbons (Fsp3) is 0.348. The number of thioether (sulfide) groups is 1. The summed E-state index contributed by atoms with van der Waals surface area (Å²) in [5, 5.41) is 0.151. The van der Waals surface area contributed by atoms with Gasteiger partial charge in [-0.25, -0.2) is 0 Å². The van der Waals surface area contributed by atoms with Gasteiger partial charge in [-0.15, -0.1) is 0 Å². The molecule has 0 aromatic heterocycles. The average Bonchev–Trinajstić information content (AvgIpc) is 2.97. The zero-order valence-electron chi connectivity index (χ0n) is 15.7. The van der Waals surface area contributed by atoms with Gasteiger partial charge in [0.15, 0.2) is 5.12 Å². The monoisotopic (exact) mass is 350 g/mol. The maximum Gasteiger partial charge on any atom is 0.190 e. The summed E-state index contributed by atoms with van der Waals surface area (Å²) >= 11 is 1.41. The Morgan fingerprint density at radius 2 is 1.20 bits per heavy atom. The van der Waals surface area contributed by atoms with Crippen molar-refractivity contribution in [2.24, 2.45) is 16.7 Å². The van der Waals surface area contributed by atoms with E-state index in [1.165, 1.54) is 33.4 Å². The van der Waals surface area contributed by atoms with Gasteiger partial charge in [-0.2, -0.15) is 0 Å². The SMILES string of the molecule is CC(=O)SC(=C(c1ccccc1)c1ccccc1)C1C(C)(C)C1(C)C. The topological polar surface area (TPSA) is 17.1 Å². The first-order valence-electron chi connectivity index (χ1n) is 8.80. The van der Waals surface area contributed by atoms with Gasteiger partial charge in [-0.1, -0.05) is 100 Å². The Hall–Kier alpha value is -1.80. The summed E-state index contributed by atoms with van der Waals surface area (Å²) in [6.45, 7) is 10.9. The van der Waals surface area contributed by atoms with Crippen molar-refractivity contribution in [2.75, 3.05) is 0 Å². The zero-order valence-corrected chi connectivity index (χ0v) is 16.5. The second kappa shape index (κ2) is 6.49. The van der Waals surface area contributed by atoms with Crippen LogP contribution in [0, 0.1) is 16.7 Å². The molecule has 0 bridgehead atoms. The maximum absolute atomic E-state index is 12.1. The summed E-state index contributed by atoms with van der Waals surface area (Å²) < 4.78 is 0. The smallest absolute Gasteiger partial charge is 0.190 e. The predicted octanol–water partition coefficient (Wildman–Crippen LogP) is 6.41. The van der Waals surface area contributed by atoms with E-state index in [2.05, 4.69) is 76.2 Å². The molecule has 1 saturated carbocycles. The van der Waals surface area contributed by atoms with Crippen LogP contribution in [0.5, 0.6) is 0 Å². The first-order valence-corrected chi connectivity index (χ1v) is 9.62. The highest BCUT2D eigenvalue weighted by Gasteiger charge is 2.66. The lowest BCUT2D eigenvalue weighted by molar-refractivity contribution is -0.109. The largest absolute Gasteiger partial charge is 0.287 e. The first kappa shape index (κ1) is 18.0. The average molecular weight is 351 g/mol. The highest BCUT2D eigenvalue weighted by molar-refractivity contribution is 8.17. The number of benzene rings is 2. The molecule has 0 heterocycles. The van der Waals surface area contributed by atoms with Crippen LogP contribution in [0.2, 0.25) is 0 Å². The molecule has 0 spiro atoms. The summed E-state index contributed by atoms with van der Waals surface area (Å²) in [6.07, 6.45) is 0. The minimum Gasteiger partial charge on any atom is -0.287 e.